The Morgan fingerprint density at radius 1 is 1.39 bits per heavy atom. The number of rotatable bonds is 3. The Kier molecular flexibility index (Phi) is 4.18. The molecule has 1 unspecified atom stereocenters. The molecule has 3 heteroatoms. The van der Waals surface area contributed by atoms with Gasteiger partial charge in [0.1, 0.15) is 5.70 Å². The highest BCUT2D eigenvalue weighted by Crippen LogP contribution is 2.20. The molecule has 0 aromatic heterocycles. The Balaban J connectivity index is 2.14. The van der Waals surface area contributed by atoms with Crippen LogP contribution in [0.2, 0.25) is 0 Å². The minimum Gasteiger partial charge on any atom is -0.461 e. The van der Waals surface area contributed by atoms with Gasteiger partial charge >= 0.3 is 5.97 Å². The lowest BCUT2D eigenvalue weighted by Gasteiger charge is -2.18. The van der Waals surface area contributed by atoms with Crippen molar-refractivity contribution in [3.05, 3.63) is 59.8 Å². The summed E-state index contributed by atoms with van der Waals surface area (Å²) >= 11 is 0. The Bertz CT molecular complexity index is 463. The van der Waals surface area contributed by atoms with Crippen LogP contribution in [0, 0.1) is 0 Å². The van der Waals surface area contributed by atoms with Crippen LogP contribution in [0.1, 0.15) is 24.9 Å². The summed E-state index contributed by atoms with van der Waals surface area (Å²) in [7, 11) is 0. The molecule has 94 valence electrons. The molecule has 1 aliphatic heterocycles. The van der Waals surface area contributed by atoms with E-state index in [1.807, 2.05) is 24.3 Å². The van der Waals surface area contributed by atoms with E-state index in [0.29, 0.717) is 12.3 Å². The van der Waals surface area contributed by atoms with E-state index in [2.05, 4.69) is 23.5 Å². The normalized spacial score (nSPS) is 18.5. The van der Waals surface area contributed by atoms with Gasteiger partial charge in [-0.25, -0.2) is 4.79 Å². The summed E-state index contributed by atoms with van der Waals surface area (Å²) in [5, 5.41) is 3.24. The summed E-state index contributed by atoms with van der Waals surface area (Å²) in [5.74, 6) is -0.301. The van der Waals surface area contributed by atoms with Gasteiger partial charge in [0.25, 0.3) is 0 Å². The molecule has 18 heavy (non-hydrogen) atoms. The van der Waals surface area contributed by atoms with Crippen LogP contribution < -0.4 is 5.32 Å². The molecule has 1 N–H and O–H groups in total. The number of nitrogens with one attached hydrogen (secondary N) is 1. The number of benzene rings is 1. The molecule has 1 aliphatic rings. The van der Waals surface area contributed by atoms with Crippen molar-refractivity contribution in [1.82, 2.24) is 5.32 Å². The van der Waals surface area contributed by atoms with Crippen molar-refractivity contribution < 1.29 is 9.53 Å². The predicted octanol–water partition coefficient (Wildman–Crippen LogP) is 2.72. The highest BCUT2D eigenvalue weighted by Gasteiger charge is 2.17. The van der Waals surface area contributed by atoms with Crippen LogP contribution >= 0.6 is 0 Å². The smallest absolute Gasteiger partial charge is 0.354 e. The fourth-order valence-corrected chi connectivity index (χ4v) is 1.91. The summed E-state index contributed by atoms with van der Waals surface area (Å²) in [6, 6.07) is 10.2. The Labute approximate surface area is 107 Å². The van der Waals surface area contributed by atoms with Gasteiger partial charge in [0.2, 0.25) is 0 Å². The lowest BCUT2D eigenvalue weighted by atomic mass is 10.0. The van der Waals surface area contributed by atoms with Gasteiger partial charge in [-0.1, -0.05) is 42.5 Å². The van der Waals surface area contributed by atoms with Gasteiger partial charge in [0.05, 0.1) is 12.6 Å². The van der Waals surface area contributed by atoms with E-state index in [-0.39, 0.29) is 12.0 Å². The fraction of sp³-hybridized carbons (Fsp3) is 0.267. The van der Waals surface area contributed by atoms with E-state index >= 15 is 0 Å². The zero-order valence-electron chi connectivity index (χ0n) is 10.4. The second kappa shape index (κ2) is 6.05. The molecule has 1 atom stereocenters. The second-order valence-electron chi connectivity index (χ2n) is 4.07. The third-order valence-electron chi connectivity index (χ3n) is 2.80. The first-order valence-corrected chi connectivity index (χ1v) is 6.16. The van der Waals surface area contributed by atoms with Crippen molar-refractivity contribution in [2.75, 3.05) is 6.61 Å². The maximum Gasteiger partial charge on any atom is 0.354 e. The highest BCUT2D eigenvalue weighted by molar-refractivity contribution is 5.88. The maximum absolute atomic E-state index is 11.7. The fourth-order valence-electron chi connectivity index (χ4n) is 1.91. The largest absolute Gasteiger partial charge is 0.461 e. The first kappa shape index (κ1) is 12.4. The van der Waals surface area contributed by atoms with Gasteiger partial charge in [-0.05, 0) is 25.0 Å². The van der Waals surface area contributed by atoms with Gasteiger partial charge in [-0.15, -0.1) is 0 Å². The lowest BCUT2D eigenvalue weighted by Crippen LogP contribution is -2.26. The zero-order valence-corrected chi connectivity index (χ0v) is 10.4. The molecule has 0 saturated heterocycles. The van der Waals surface area contributed by atoms with Crippen LogP contribution in [-0.4, -0.2) is 12.6 Å². The standard InChI is InChI=1S/C15H17NO2/c1-2-18-15(17)14-11-7-6-10-13(16-14)12-8-4-3-5-9-12/h3-9,11,13,16H,2,10H2,1H3. The molecule has 0 amide bonds. The number of carbonyl (C=O) groups excluding carboxylic acids is 1. The molecule has 1 heterocycles. The van der Waals surface area contributed by atoms with Gasteiger partial charge < -0.3 is 10.1 Å². The summed E-state index contributed by atoms with van der Waals surface area (Å²) < 4.78 is 5.02. The molecule has 0 bridgehead atoms. The molecule has 0 spiro atoms. The third kappa shape index (κ3) is 3.00. The van der Waals surface area contributed by atoms with Gasteiger partial charge in [0, 0.05) is 0 Å². The number of allylic oxidation sites excluding steroid dienone is 2. The molecule has 0 radical (unpaired) electrons. The summed E-state index contributed by atoms with van der Waals surface area (Å²) in [6.45, 7) is 2.19. The molecule has 2 rings (SSSR count). The van der Waals surface area contributed by atoms with Crippen molar-refractivity contribution in [2.45, 2.75) is 19.4 Å². The lowest BCUT2D eigenvalue weighted by molar-refractivity contribution is -0.139. The average Bonchev–Trinajstić information content (AvgIpc) is 2.66. The number of ether oxygens (including phenoxy) is 1. The van der Waals surface area contributed by atoms with Gasteiger partial charge in [0.15, 0.2) is 0 Å². The third-order valence-corrected chi connectivity index (χ3v) is 2.80. The van der Waals surface area contributed by atoms with Crippen LogP contribution in [0.25, 0.3) is 0 Å². The molecular weight excluding hydrogens is 226 g/mol. The van der Waals surface area contributed by atoms with Gasteiger partial charge in [-0.2, -0.15) is 0 Å². The zero-order chi connectivity index (χ0) is 12.8. The Morgan fingerprint density at radius 3 is 2.89 bits per heavy atom. The summed E-state index contributed by atoms with van der Waals surface area (Å²) in [4.78, 5) is 11.7. The first-order valence-electron chi connectivity index (χ1n) is 6.16. The topological polar surface area (TPSA) is 38.3 Å². The maximum atomic E-state index is 11.7. The van der Waals surface area contributed by atoms with E-state index in [9.17, 15) is 4.79 Å². The predicted molar refractivity (Wildman–Crippen MR) is 70.8 cm³/mol. The minimum atomic E-state index is -0.301. The Hall–Kier alpha value is -2.03. The Morgan fingerprint density at radius 2 is 2.17 bits per heavy atom. The molecule has 0 fully saturated rings. The van der Waals surface area contributed by atoms with Crippen molar-refractivity contribution in [3.8, 4) is 0 Å². The van der Waals surface area contributed by atoms with Crippen molar-refractivity contribution in [1.29, 1.82) is 0 Å². The van der Waals surface area contributed by atoms with E-state index < -0.39 is 0 Å². The molecular formula is C15H17NO2. The molecule has 0 saturated carbocycles. The van der Waals surface area contributed by atoms with Crippen molar-refractivity contribution in [2.24, 2.45) is 0 Å². The second-order valence-corrected chi connectivity index (χ2v) is 4.07. The van der Waals surface area contributed by atoms with Crippen LogP contribution in [0.4, 0.5) is 0 Å². The SMILES string of the molecule is CCOC(=O)C1=CC=CCC(c2ccccc2)N1. The van der Waals surface area contributed by atoms with Crippen LogP contribution in [0.3, 0.4) is 0 Å². The number of esters is 1. The number of hydrogen-bond donors (Lipinski definition) is 1. The minimum absolute atomic E-state index is 0.112. The first-order chi connectivity index (χ1) is 8.81. The van der Waals surface area contributed by atoms with E-state index in [1.54, 1.807) is 13.0 Å². The highest BCUT2D eigenvalue weighted by atomic mass is 16.5. The van der Waals surface area contributed by atoms with E-state index in [1.165, 1.54) is 5.56 Å². The average molecular weight is 243 g/mol. The quantitative estimate of drug-likeness (QED) is 0.829. The molecule has 0 aliphatic carbocycles. The van der Waals surface area contributed by atoms with Crippen molar-refractivity contribution in [3.63, 3.8) is 0 Å². The summed E-state index contributed by atoms with van der Waals surface area (Å²) in [5.41, 5.74) is 1.68. The van der Waals surface area contributed by atoms with Crippen LogP contribution in [-0.2, 0) is 9.53 Å². The van der Waals surface area contributed by atoms with Crippen molar-refractivity contribution >= 4 is 5.97 Å². The number of carbonyl (C=O) groups is 1. The monoisotopic (exact) mass is 243 g/mol. The van der Waals surface area contributed by atoms with E-state index in [4.69, 9.17) is 4.74 Å². The van der Waals surface area contributed by atoms with Crippen LogP contribution in [0.15, 0.2) is 54.3 Å². The van der Waals surface area contributed by atoms with Crippen LogP contribution in [0.5, 0.6) is 0 Å². The molecule has 3 nitrogen and oxygen atoms in total. The number of hydrogen-bond acceptors (Lipinski definition) is 3. The molecule has 1 aromatic rings. The van der Waals surface area contributed by atoms with E-state index in [0.717, 1.165) is 6.42 Å². The molecule has 1 aromatic carbocycles. The summed E-state index contributed by atoms with van der Waals surface area (Å²) in [6.07, 6.45) is 6.56. The van der Waals surface area contributed by atoms with Gasteiger partial charge in [-0.3, -0.25) is 0 Å².